The molecule has 0 saturated heterocycles. The smallest absolute Gasteiger partial charge is 0.0763 e. The summed E-state index contributed by atoms with van der Waals surface area (Å²) in [6.07, 6.45) is 7.05. The molecule has 1 nitrogen and oxygen atoms in total. The van der Waals surface area contributed by atoms with E-state index in [1.54, 1.807) is 0 Å². The van der Waals surface area contributed by atoms with Gasteiger partial charge in [-0.1, -0.05) is 34.7 Å². The third-order valence-electron chi connectivity index (χ3n) is 1.36. The van der Waals surface area contributed by atoms with Gasteiger partial charge in [0.1, 0.15) is 0 Å². The molecule has 0 spiro atoms. The molecule has 0 aromatic heterocycles. The second-order valence-electron chi connectivity index (χ2n) is 2.10. The number of rotatable bonds is 2. The summed E-state index contributed by atoms with van der Waals surface area (Å²) in [6.45, 7) is 0.914. The van der Waals surface area contributed by atoms with Crippen LogP contribution in [0.25, 0.3) is 0 Å². The van der Waals surface area contributed by atoms with Crippen LogP contribution in [0, 0.1) is 0 Å². The molecule has 1 aliphatic heterocycles. The van der Waals surface area contributed by atoms with E-state index < -0.39 is 0 Å². The lowest BCUT2D eigenvalue weighted by molar-refractivity contribution is 0.0789. The second kappa shape index (κ2) is 4.28. The van der Waals surface area contributed by atoms with Gasteiger partial charge in [-0.05, 0) is 12.8 Å². The van der Waals surface area contributed by atoms with Crippen LogP contribution < -0.4 is 0 Å². The van der Waals surface area contributed by atoms with Crippen molar-refractivity contribution in [3.8, 4) is 0 Å². The first-order chi connectivity index (χ1) is 4.43. The minimum absolute atomic E-state index is 0.413. The standard InChI is InChI=1S/C7H11IO/c8-5-4-7-3-1-2-6-9-7/h1,3,7H,2,4-6H2. The van der Waals surface area contributed by atoms with Gasteiger partial charge < -0.3 is 4.74 Å². The van der Waals surface area contributed by atoms with Gasteiger partial charge in [-0.2, -0.15) is 0 Å². The molecule has 0 radical (unpaired) electrons. The fourth-order valence-corrected chi connectivity index (χ4v) is 1.49. The quantitative estimate of drug-likeness (QED) is 0.407. The number of halogens is 1. The summed E-state index contributed by atoms with van der Waals surface area (Å²) >= 11 is 2.38. The lowest BCUT2D eigenvalue weighted by Gasteiger charge is -2.15. The summed E-state index contributed by atoms with van der Waals surface area (Å²) in [7, 11) is 0. The highest BCUT2D eigenvalue weighted by Gasteiger charge is 2.05. The van der Waals surface area contributed by atoms with Gasteiger partial charge in [-0.3, -0.25) is 0 Å². The van der Waals surface area contributed by atoms with Crippen LogP contribution in [-0.4, -0.2) is 17.1 Å². The van der Waals surface area contributed by atoms with Crippen molar-refractivity contribution < 1.29 is 4.74 Å². The predicted octanol–water partition coefficient (Wildman–Crippen LogP) is 2.16. The van der Waals surface area contributed by atoms with Crippen molar-refractivity contribution in [3.63, 3.8) is 0 Å². The van der Waals surface area contributed by atoms with Crippen molar-refractivity contribution in [2.24, 2.45) is 0 Å². The average Bonchev–Trinajstić information content (AvgIpc) is 1.91. The maximum atomic E-state index is 5.43. The zero-order valence-corrected chi connectivity index (χ0v) is 7.50. The Labute approximate surface area is 69.6 Å². The van der Waals surface area contributed by atoms with Gasteiger partial charge >= 0.3 is 0 Å². The molecule has 2 heteroatoms. The van der Waals surface area contributed by atoms with Gasteiger partial charge in [0.25, 0.3) is 0 Å². The molecule has 0 N–H and O–H groups in total. The topological polar surface area (TPSA) is 9.23 Å². The molecular weight excluding hydrogens is 227 g/mol. The van der Waals surface area contributed by atoms with E-state index in [1.807, 2.05) is 0 Å². The van der Waals surface area contributed by atoms with Crippen LogP contribution in [0.5, 0.6) is 0 Å². The first-order valence-electron chi connectivity index (χ1n) is 3.27. The molecule has 0 saturated carbocycles. The highest BCUT2D eigenvalue weighted by Crippen LogP contribution is 2.08. The highest BCUT2D eigenvalue weighted by atomic mass is 127. The fraction of sp³-hybridized carbons (Fsp3) is 0.714. The molecule has 1 aliphatic rings. The molecule has 0 aliphatic carbocycles. The molecule has 0 bridgehead atoms. The largest absolute Gasteiger partial charge is 0.374 e. The van der Waals surface area contributed by atoms with Crippen LogP contribution in [-0.2, 0) is 4.74 Å². The third kappa shape index (κ3) is 2.67. The molecular formula is C7H11IO. The van der Waals surface area contributed by atoms with Crippen LogP contribution in [0.4, 0.5) is 0 Å². The fourth-order valence-electron chi connectivity index (χ4n) is 0.878. The Balaban J connectivity index is 2.23. The Morgan fingerprint density at radius 2 is 2.56 bits per heavy atom. The van der Waals surface area contributed by atoms with Crippen molar-refractivity contribution in [1.82, 2.24) is 0 Å². The molecule has 52 valence electrons. The number of alkyl halides is 1. The molecule has 0 aromatic carbocycles. The van der Waals surface area contributed by atoms with E-state index >= 15 is 0 Å². The zero-order chi connectivity index (χ0) is 6.53. The number of hydrogen-bond acceptors (Lipinski definition) is 1. The maximum absolute atomic E-state index is 5.43. The van der Waals surface area contributed by atoms with Crippen LogP contribution in [0.3, 0.4) is 0 Å². The molecule has 0 amide bonds. The Kier molecular flexibility index (Phi) is 3.58. The van der Waals surface area contributed by atoms with Gasteiger partial charge in [0.2, 0.25) is 0 Å². The van der Waals surface area contributed by atoms with E-state index in [1.165, 1.54) is 4.43 Å². The summed E-state index contributed by atoms with van der Waals surface area (Å²) in [5.74, 6) is 0. The Morgan fingerprint density at radius 3 is 3.11 bits per heavy atom. The normalized spacial score (nSPS) is 26.6. The summed E-state index contributed by atoms with van der Waals surface area (Å²) in [4.78, 5) is 0. The van der Waals surface area contributed by atoms with E-state index in [2.05, 4.69) is 34.7 Å². The molecule has 1 atom stereocenters. The molecule has 0 aromatic rings. The van der Waals surface area contributed by atoms with E-state index in [0.717, 1.165) is 19.4 Å². The van der Waals surface area contributed by atoms with E-state index in [-0.39, 0.29) is 0 Å². The Morgan fingerprint density at radius 1 is 1.67 bits per heavy atom. The van der Waals surface area contributed by atoms with E-state index in [0.29, 0.717) is 6.10 Å². The number of ether oxygens (including phenoxy) is 1. The minimum atomic E-state index is 0.413. The Bertz CT molecular complexity index is 101. The van der Waals surface area contributed by atoms with Gasteiger partial charge in [-0.25, -0.2) is 0 Å². The van der Waals surface area contributed by atoms with Crippen LogP contribution in [0.2, 0.25) is 0 Å². The van der Waals surface area contributed by atoms with Gasteiger partial charge in [-0.15, -0.1) is 0 Å². The van der Waals surface area contributed by atoms with Gasteiger partial charge in [0.15, 0.2) is 0 Å². The highest BCUT2D eigenvalue weighted by molar-refractivity contribution is 14.1. The molecule has 1 unspecified atom stereocenters. The SMILES string of the molecule is ICCC1C=CCCO1. The van der Waals surface area contributed by atoms with Gasteiger partial charge in [0, 0.05) is 4.43 Å². The van der Waals surface area contributed by atoms with Crippen molar-refractivity contribution in [2.45, 2.75) is 18.9 Å². The van der Waals surface area contributed by atoms with Crippen LogP contribution >= 0.6 is 22.6 Å². The van der Waals surface area contributed by atoms with Crippen LogP contribution in [0.15, 0.2) is 12.2 Å². The molecule has 9 heavy (non-hydrogen) atoms. The summed E-state index contributed by atoms with van der Waals surface area (Å²) in [6, 6.07) is 0. The summed E-state index contributed by atoms with van der Waals surface area (Å²) < 4.78 is 6.61. The lowest BCUT2D eigenvalue weighted by atomic mass is 10.2. The van der Waals surface area contributed by atoms with Crippen LogP contribution in [0.1, 0.15) is 12.8 Å². The van der Waals surface area contributed by atoms with E-state index in [4.69, 9.17) is 4.74 Å². The first-order valence-corrected chi connectivity index (χ1v) is 4.80. The average molecular weight is 238 g/mol. The summed E-state index contributed by atoms with van der Waals surface area (Å²) in [5.41, 5.74) is 0. The summed E-state index contributed by atoms with van der Waals surface area (Å²) in [5, 5.41) is 0. The monoisotopic (exact) mass is 238 g/mol. The van der Waals surface area contributed by atoms with Crippen molar-refractivity contribution in [1.29, 1.82) is 0 Å². The molecule has 1 heterocycles. The van der Waals surface area contributed by atoms with Crippen molar-refractivity contribution >= 4 is 22.6 Å². The first kappa shape index (κ1) is 7.54. The predicted molar refractivity (Wildman–Crippen MR) is 47.0 cm³/mol. The molecule has 1 rings (SSSR count). The zero-order valence-electron chi connectivity index (χ0n) is 5.35. The van der Waals surface area contributed by atoms with Crippen molar-refractivity contribution in [2.75, 3.05) is 11.0 Å². The molecule has 0 fully saturated rings. The second-order valence-corrected chi connectivity index (χ2v) is 3.18. The van der Waals surface area contributed by atoms with Crippen molar-refractivity contribution in [3.05, 3.63) is 12.2 Å². The third-order valence-corrected chi connectivity index (χ3v) is 1.98. The lowest BCUT2D eigenvalue weighted by Crippen LogP contribution is -2.14. The van der Waals surface area contributed by atoms with E-state index in [9.17, 15) is 0 Å². The number of hydrogen-bond donors (Lipinski definition) is 0. The van der Waals surface area contributed by atoms with Gasteiger partial charge in [0.05, 0.1) is 12.7 Å². The maximum Gasteiger partial charge on any atom is 0.0763 e. The Hall–Kier alpha value is 0.430. The minimum Gasteiger partial charge on any atom is -0.374 e.